The van der Waals surface area contributed by atoms with Gasteiger partial charge in [-0.2, -0.15) is 5.10 Å². The van der Waals surface area contributed by atoms with E-state index in [0.717, 1.165) is 68.2 Å². The monoisotopic (exact) mass is 247 g/mol. The molecule has 1 aromatic rings. The molecule has 2 aliphatic heterocycles. The van der Waals surface area contributed by atoms with Gasteiger partial charge in [0.15, 0.2) is 0 Å². The Morgan fingerprint density at radius 1 is 1.06 bits per heavy atom. The van der Waals surface area contributed by atoms with Crippen molar-refractivity contribution in [2.24, 2.45) is 11.8 Å². The minimum absolute atomic E-state index is 0.768. The third-order valence-electron chi connectivity index (χ3n) is 4.17. The molecule has 2 unspecified atom stereocenters. The van der Waals surface area contributed by atoms with Crippen LogP contribution < -0.4 is 10.2 Å². The highest BCUT2D eigenvalue weighted by Crippen LogP contribution is 2.28. The lowest BCUT2D eigenvalue weighted by molar-refractivity contribution is 0.533. The molecule has 2 aliphatic rings. The summed E-state index contributed by atoms with van der Waals surface area (Å²) in [6.45, 7) is 8.68. The molecular weight excluding hydrogens is 226 g/mol. The Hall–Kier alpha value is -1.23. The van der Waals surface area contributed by atoms with Gasteiger partial charge in [0.2, 0.25) is 5.95 Å². The summed E-state index contributed by atoms with van der Waals surface area (Å²) in [6.07, 6.45) is 1.85. The standard InChI is InChI=1S/C13H21N5/c1-3-11-12(4-2)16-17-13(15-11)18-7-9-5-14-6-10(9)8-18/h9-10,14H,3-8H2,1-2H3. The number of rotatable bonds is 3. The predicted molar refractivity (Wildman–Crippen MR) is 70.6 cm³/mol. The Bertz CT molecular complexity index is 421. The Morgan fingerprint density at radius 2 is 1.72 bits per heavy atom. The van der Waals surface area contributed by atoms with E-state index in [1.807, 2.05) is 0 Å². The van der Waals surface area contributed by atoms with E-state index in [1.165, 1.54) is 0 Å². The SMILES string of the molecule is CCc1nnc(N2CC3CNCC3C2)nc1CC. The summed E-state index contributed by atoms with van der Waals surface area (Å²) in [5, 5.41) is 12.1. The Labute approximate surface area is 108 Å². The summed E-state index contributed by atoms with van der Waals surface area (Å²) in [5.74, 6) is 2.37. The predicted octanol–water partition coefficient (Wildman–Crippen LogP) is 0.652. The van der Waals surface area contributed by atoms with Crippen molar-refractivity contribution in [1.29, 1.82) is 0 Å². The van der Waals surface area contributed by atoms with Gasteiger partial charge in [-0.3, -0.25) is 0 Å². The van der Waals surface area contributed by atoms with Crippen molar-refractivity contribution >= 4 is 5.95 Å². The molecule has 0 amide bonds. The van der Waals surface area contributed by atoms with Crippen molar-refractivity contribution in [1.82, 2.24) is 20.5 Å². The van der Waals surface area contributed by atoms with Crippen LogP contribution in [0.4, 0.5) is 5.95 Å². The second kappa shape index (κ2) is 4.80. The minimum atomic E-state index is 0.768. The van der Waals surface area contributed by atoms with Crippen LogP contribution in [0.3, 0.4) is 0 Å². The molecule has 18 heavy (non-hydrogen) atoms. The van der Waals surface area contributed by atoms with E-state index < -0.39 is 0 Å². The Morgan fingerprint density at radius 3 is 2.33 bits per heavy atom. The molecule has 2 saturated heterocycles. The highest BCUT2D eigenvalue weighted by Gasteiger charge is 2.37. The molecule has 1 N–H and O–H groups in total. The van der Waals surface area contributed by atoms with E-state index in [1.54, 1.807) is 0 Å². The van der Waals surface area contributed by atoms with Crippen LogP contribution in [0.15, 0.2) is 0 Å². The average Bonchev–Trinajstić information content (AvgIpc) is 2.98. The number of anilines is 1. The highest BCUT2D eigenvalue weighted by molar-refractivity contribution is 5.33. The normalized spacial score (nSPS) is 26.7. The molecule has 5 nitrogen and oxygen atoms in total. The minimum Gasteiger partial charge on any atom is -0.339 e. The van der Waals surface area contributed by atoms with Crippen LogP contribution >= 0.6 is 0 Å². The second-order valence-electron chi connectivity index (χ2n) is 5.30. The molecule has 2 fully saturated rings. The molecule has 3 heterocycles. The first-order chi connectivity index (χ1) is 8.81. The molecule has 0 aromatic carbocycles. The quantitative estimate of drug-likeness (QED) is 0.850. The molecule has 1 aromatic heterocycles. The summed E-state index contributed by atoms with van der Waals surface area (Å²) in [5.41, 5.74) is 2.15. The summed E-state index contributed by atoms with van der Waals surface area (Å²) < 4.78 is 0. The van der Waals surface area contributed by atoms with Gasteiger partial charge in [-0.05, 0) is 24.7 Å². The van der Waals surface area contributed by atoms with Gasteiger partial charge in [0.25, 0.3) is 0 Å². The van der Waals surface area contributed by atoms with Crippen molar-refractivity contribution in [3.8, 4) is 0 Å². The lowest BCUT2D eigenvalue weighted by Crippen LogP contribution is -2.27. The molecular formula is C13H21N5. The van der Waals surface area contributed by atoms with Gasteiger partial charge in [0.1, 0.15) is 0 Å². The van der Waals surface area contributed by atoms with Gasteiger partial charge < -0.3 is 10.2 Å². The third-order valence-corrected chi connectivity index (χ3v) is 4.17. The van der Waals surface area contributed by atoms with Gasteiger partial charge in [-0.15, -0.1) is 5.10 Å². The van der Waals surface area contributed by atoms with Gasteiger partial charge >= 0.3 is 0 Å². The van der Waals surface area contributed by atoms with Crippen LogP contribution in [0.1, 0.15) is 25.2 Å². The topological polar surface area (TPSA) is 53.9 Å². The van der Waals surface area contributed by atoms with Crippen molar-refractivity contribution < 1.29 is 0 Å². The zero-order valence-corrected chi connectivity index (χ0v) is 11.2. The number of hydrogen-bond acceptors (Lipinski definition) is 5. The Balaban J connectivity index is 1.80. The third kappa shape index (κ3) is 1.96. The average molecular weight is 247 g/mol. The van der Waals surface area contributed by atoms with Gasteiger partial charge in [-0.1, -0.05) is 13.8 Å². The van der Waals surface area contributed by atoms with E-state index >= 15 is 0 Å². The number of fused-ring (bicyclic) bond motifs is 1. The molecule has 0 bridgehead atoms. The lowest BCUT2D eigenvalue weighted by atomic mass is 10.0. The van der Waals surface area contributed by atoms with Crippen LogP contribution in [-0.4, -0.2) is 41.4 Å². The smallest absolute Gasteiger partial charge is 0.245 e. The van der Waals surface area contributed by atoms with Gasteiger partial charge in [0, 0.05) is 26.2 Å². The molecule has 98 valence electrons. The van der Waals surface area contributed by atoms with Crippen LogP contribution in [0.2, 0.25) is 0 Å². The maximum atomic E-state index is 4.70. The van der Waals surface area contributed by atoms with E-state index in [9.17, 15) is 0 Å². The van der Waals surface area contributed by atoms with E-state index in [-0.39, 0.29) is 0 Å². The van der Waals surface area contributed by atoms with Crippen LogP contribution in [0.5, 0.6) is 0 Å². The zero-order valence-electron chi connectivity index (χ0n) is 11.2. The molecule has 0 saturated carbocycles. The van der Waals surface area contributed by atoms with Gasteiger partial charge in [-0.25, -0.2) is 4.98 Å². The van der Waals surface area contributed by atoms with E-state index in [4.69, 9.17) is 4.98 Å². The molecule has 0 radical (unpaired) electrons. The molecule has 3 rings (SSSR count). The second-order valence-corrected chi connectivity index (χ2v) is 5.30. The fraction of sp³-hybridized carbons (Fsp3) is 0.769. The Kier molecular flexibility index (Phi) is 3.16. The maximum absolute atomic E-state index is 4.70. The number of aromatic nitrogens is 3. The zero-order chi connectivity index (χ0) is 12.5. The van der Waals surface area contributed by atoms with Crippen LogP contribution in [0, 0.1) is 11.8 Å². The number of nitrogens with one attached hydrogen (secondary N) is 1. The summed E-state index contributed by atoms with van der Waals surface area (Å²) in [6, 6.07) is 0. The van der Waals surface area contributed by atoms with Gasteiger partial charge in [0.05, 0.1) is 11.4 Å². The summed E-state index contributed by atoms with van der Waals surface area (Å²) >= 11 is 0. The lowest BCUT2D eigenvalue weighted by Gasteiger charge is -2.17. The summed E-state index contributed by atoms with van der Waals surface area (Å²) in [7, 11) is 0. The first-order valence-corrected chi connectivity index (χ1v) is 7.00. The van der Waals surface area contributed by atoms with E-state index in [2.05, 4.69) is 34.3 Å². The molecule has 0 spiro atoms. The largest absolute Gasteiger partial charge is 0.339 e. The number of aryl methyl sites for hydroxylation is 2. The fourth-order valence-corrected chi connectivity index (χ4v) is 3.08. The molecule has 2 atom stereocenters. The maximum Gasteiger partial charge on any atom is 0.245 e. The van der Waals surface area contributed by atoms with Crippen LogP contribution in [-0.2, 0) is 12.8 Å². The fourth-order valence-electron chi connectivity index (χ4n) is 3.08. The van der Waals surface area contributed by atoms with Crippen LogP contribution in [0.25, 0.3) is 0 Å². The van der Waals surface area contributed by atoms with E-state index in [0.29, 0.717) is 0 Å². The molecule has 5 heteroatoms. The first-order valence-electron chi connectivity index (χ1n) is 7.00. The van der Waals surface area contributed by atoms with Crippen molar-refractivity contribution in [3.63, 3.8) is 0 Å². The van der Waals surface area contributed by atoms with Crippen molar-refractivity contribution in [2.45, 2.75) is 26.7 Å². The number of hydrogen-bond donors (Lipinski definition) is 1. The highest BCUT2D eigenvalue weighted by atomic mass is 15.3. The van der Waals surface area contributed by atoms with Crippen molar-refractivity contribution in [3.05, 3.63) is 11.4 Å². The van der Waals surface area contributed by atoms with Crippen molar-refractivity contribution in [2.75, 3.05) is 31.1 Å². The number of nitrogens with zero attached hydrogens (tertiary/aromatic N) is 4. The summed E-state index contributed by atoms with van der Waals surface area (Å²) in [4.78, 5) is 7.01. The first kappa shape index (κ1) is 11.8. The molecule has 0 aliphatic carbocycles.